The molecule has 0 bridgehead atoms. The summed E-state index contributed by atoms with van der Waals surface area (Å²) < 4.78 is 5.61. The molecule has 3 atom stereocenters. The van der Waals surface area contributed by atoms with Crippen molar-refractivity contribution in [3.8, 4) is 0 Å². The van der Waals surface area contributed by atoms with Gasteiger partial charge in [-0.2, -0.15) is 0 Å². The largest absolute Gasteiger partial charge is 0.459 e. The fraction of sp³-hybridized carbons (Fsp3) is 0.231. The SMILES string of the molecule is C=C[C@H]([C@H](O)CC/C(=C/c1ccc(CO)o1)c1ccccc1)[C@H](O)c1ccccc1. The van der Waals surface area contributed by atoms with Gasteiger partial charge in [-0.25, -0.2) is 0 Å². The lowest BCUT2D eigenvalue weighted by Gasteiger charge is -2.25. The van der Waals surface area contributed by atoms with Gasteiger partial charge in [-0.3, -0.25) is 0 Å². The zero-order chi connectivity index (χ0) is 21.3. The molecule has 0 aliphatic carbocycles. The van der Waals surface area contributed by atoms with E-state index in [4.69, 9.17) is 4.42 Å². The fourth-order valence-electron chi connectivity index (χ4n) is 3.55. The van der Waals surface area contributed by atoms with E-state index in [2.05, 4.69) is 6.58 Å². The molecule has 0 aliphatic heterocycles. The summed E-state index contributed by atoms with van der Waals surface area (Å²) in [4.78, 5) is 0. The Morgan fingerprint density at radius 1 is 0.933 bits per heavy atom. The summed E-state index contributed by atoms with van der Waals surface area (Å²) in [5, 5.41) is 30.8. The fourth-order valence-corrected chi connectivity index (χ4v) is 3.55. The molecule has 3 rings (SSSR count). The van der Waals surface area contributed by atoms with E-state index in [9.17, 15) is 15.3 Å². The Hall–Kier alpha value is -2.92. The Bertz CT molecular complexity index is 943. The first-order valence-corrected chi connectivity index (χ1v) is 10.1. The highest BCUT2D eigenvalue weighted by molar-refractivity contribution is 5.80. The predicted octanol–water partition coefficient (Wildman–Crippen LogP) is 4.99. The topological polar surface area (TPSA) is 73.8 Å². The van der Waals surface area contributed by atoms with Crippen LogP contribution in [0.15, 0.2) is 89.9 Å². The third-order valence-electron chi connectivity index (χ3n) is 5.23. The van der Waals surface area contributed by atoms with Gasteiger partial charge in [-0.1, -0.05) is 66.7 Å². The third kappa shape index (κ3) is 5.57. The summed E-state index contributed by atoms with van der Waals surface area (Å²) in [5.74, 6) is 0.678. The van der Waals surface area contributed by atoms with Crippen LogP contribution in [0, 0.1) is 5.92 Å². The van der Waals surface area contributed by atoms with Crippen LogP contribution in [0.4, 0.5) is 0 Å². The third-order valence-corrected chi connectivity index (χ3v) is 5.23. The van der Waals surface area contributed by atoms with Crippen LogP contribution in [0.2, 0.25) is 0 Å². The minimum atomic E-state index is -0.819. The maximum Gasteiger partial charge on any atom is 0.130 e. The van der Waals surface area contributed by atoms with Gasteiger partial charge in [0.05, 0.1) is 12.2 Å². The summed E-state index contributed by atoms with van der Waals surface area (Å²) in [6.45, 7) is 3.67. The highest BCUT2D eigenvalue weighted by Crippen LogP contribution is 2.31. The van der Waals surface area contributed by atoms with Crippen LogP contribution in [0.3, 0.4) is 0 Å². The van der Waals surface area contributed by atoms with E-state index in [1.54, 1.807) is 12.1 Å². The molecule has 3 N–H and O–H groups in total. The zero-order valence-electron chi connectivity index (χ0n) is 16.9. The molecule has 3 aromatic rings. The first-order chi connectivity index (χ1) is 14.6. The maximum atomic E-state index is 10.8. The van der Waals surface area contributed by atoms with Crippen molar-refractivity contribution in [2.75, 3.05) is 0 Å². The van der Waals surface area contributed by atoms with E-state index in [0.717, 1.165) is 16.7 Å². The van der Waals surface area contributed by atoms with Gasteiger partial charge in [0.25, 0.3) is 0 Å². The van der Waals surface area contributed by atoms with Crippen molar-refractivity contribution in [1.29, 1.82) is 0 Å². The molecule has 2 aromatic carbocycles. The van der Waals surface area contributed by atoms with Gasteiger partial charge in [0.1, 0.15) is 18.1 Å². The monoisotopic (exact) mass is 404 g/mol. The highest BCUT2D eigenvalue weighted by Gasteiger charge is 2.25. The van der Waals surface area contributed by atoms with Crippen molar-refractivity contribution in [2.24, 2.45) is 5.92 Å². The molecular formula is C26H28O4. The molecule has 0 amide bonds. The van der Waals surface area contributed by atoms with Gasteiger partial charge in [0, 0.05) is 5.92 Å². The standard InChI is InChI=1S/C26H28O4/c1-2-24(26(29)20-11-7-4-8-12-20)25(28)16-13-21(19-9-5-3-6-10-19)17-22-14-15-23(18-27)30-22/h2-12,14-15,17,24-29H,1,13,16,18H2/b21-17-/t24-,25-,26-/m1/s1. The molecule has 1 aromatic heterocycles. The van der Waals surface area contributed by atoms with E-state index in [1.807, 2.05) is 72.8 Å². The Balaban J connectivity index is 1.76. The van der Waals surface area contributed by atoms with Gasteiger partial charge < -0.3 is 19.7 Å². The number of hydrogen-bond donors (Lipinski definition) is 3. The van der Waals surface area contributed by atoms with Gasteiger partial charge in [0.15, 0.2) is 0 Å². The van der Waals surface area contributed by atoms with Crippen LogP contribution >= 0.6 is 0 Å². The number of allylic oxidation sites excluding steroid dienone is 1. The van der Waals surface area contributed by atoms with E-state index in [1.165, 1.54) is 0 Å². The second-order valence-corrected chi connectivity index (χ2v) is 7.27. The average molecular weight is 405 g/mol. The van der Waals surface area contributed by atoms with E-state index >= 15 is 0 Å². The highest BCUT2D eigenvalue weighted by atomic mass is 16.4. The van der Waals surface area contributed by atoms with Crippen molar-refractivity contribution in [3.05, 3.63) is 108 Å². The van der Waals surface area contributed by atoms with Crippen LogP contribution in [-0.2, 0) is 6.61 Å². The number of aliphatic hydroxyl groups excluding tert-OH is 3. The lowest BCUT2D eigenvalue weighted by atomic mass is 9.87. The molecule has 0 saturated heterocycles. The molecule has 0 fully saturated rings. The molecule has 4 nitrogen and oxygen atoms in total. The smallest absolute Gasteiger partial charge is 0.130 e. The summed E-state index contributed by atoms with van der Waals surface area (Å²) >= 11 is 0. The first-order valence-electron chi connectivity index (χ1n) is 10.1. The lowest BCUT2D eigenvalue weighted by molar-refractivity contribution is 0.0325. The summed E-state index contributed by atoms with van der Waals surface area (Å²) in [6, 6.07) is 22.8. The molecule has 30 heavy (non-hydrogen) atoms. The van der Waals surface area contributed by atoms with E-state index in [0.29, 0.717) is 24.4 Å². The molecule has 156 valence electrons. The maximum absolute atomic E-state index is 10.8. The Morgan fingerprint density at radius 2 is 1.60 bits per heavy atom. The molecule has 0 aliphatic rings. The molecule has 0 spiro atoms. The summed E-state index contributed by atoms with van der Waals surface area (Å²) in [5.41, 5.74) is 2.79. The van der Waals surface area contributed by atoms with Crippen molar-refractivity contribution >= 4 is 11.6 Å². The second-order valence-electron chi connectivity index (χ2n) is 7.27. The normalized spacial score (nSPS) is 14.8. The molecule has 0 saturated carbocycles. The van der Waals surface area contributed by atoms with Crippen LogP contribution < -0.4 is 0 Å². The van der Waals surface area contributed by atoms with Crippen molar-refractivity contribution in [1.82, 2.24) is 0 Å². The Morgan fingerprint density at radius 3 is 2.20 bits per heavy atom. The van der Waals surface area contributed by atoms with Crippen molar-refractivity contribution in [2.45, 2.75) is 31.7 Å². The molecule has 4 heteroatoms. The minimum absolute atomic E-state index is 0.147. The zero-order valence-corrected chi connectivity index (χ0v) is 16.9. The van der Waals surface area contributed by atoms with Crippen molar-refractivity contribution in [3.63, 3.8) is 0 Å². The van der Waals surface area contributed by atoms with E-state index < -0.39 is 18.1 Å². The van der Waals surface area contributed by atoms with Gasteiger partial charge in [-0.05, 0) is 47.8 Å². The lowest BCUT2D eigenvalue weighted by Crippen LogP contribution is -2.25. The van der Waals surface area contributed by atoms with Gasteiger partial charge in [0.2, 0.25) is 0 Å². The number of benzene rings is 2. The number of furan rings is 1. The van der Waals surface area contributed by atoms with Crippen LogP contribution in [0.25, 0.3) is 11.6 Å². The molecular weight excluding hydrogens is 376 g/mol. The Kier molecular flexibility index (Phi) is 7.80. The van der Waals surface area contributed by atoms with E-state index in [-0.39, 0.29) is 6.61 Å². The quantitative estimate of drug-likeness (QED) is 0.416. The predicted molar refractivity (Wildman–Crippen MR) is 119 cm³/mol. The van der Waals surface area contributed by atoms with Crippen LogP contribution in [-0.4, -0.2) is 21.4 Å². The number of aliphatic hydroxyl groups is 3. The Labute approximate surface area is 177 Å². The average Bonchev–Trinajstić information content (AvgIpc) is 3.26. The van der Waals surface area contributed by atoms with Crippen LogP contribution in [0.1, 0.15) is 41.6 Å². The number of rotatable bonds is 10. The van der Waals surface area contributed by atoms with Gasteiger partial charge in [-0.15, -0.1) is 6.58 Å². The summed E-state index contributed by atoms with van der Waals surface area (Å²) in [6.07, 6.45) is 3.02. The molecule has 1 heterocycles. The molecule has 0 unspecified atom stereocenters. The second kappa shape index (κ2) is 10.7. The molecule has 0 radical (unpaired) electrons. The van der Waals surface area contributed by atoms with Crippen molar-refractivity contribution < 1.29 is 19.7 Å². The van der Waals surface area contributed by atoms with Crippen LogP contribution in [0.5, 0.6) is 0 Å². The summed E-state index contributed by atoms with van der Waals surface area (Å²) in [7, 11) is 0. The van der Waals surface area contributed by atoms with Gasteiger partial charge >= 0.3 is 0 Å². The minimum Gasteiger partial charge on any atom is -0.459 e. The number of hydrogen-bond acceptors (Lipinski definition) is 4. The first kappa shape index (κ1) is 21.8.